The molecule has 0 bridgehead atoms. The van der Waals surface area contributed by atoms with Gasteiger partial charge < -0.3 is 4.90 Å². The van der Waals surface area contributed by atoms with Crippen LogP contribution >= 0.6 is 0 Å². The minimum absolute atomic E-state index is 0.175. The van der Waals surface area contributed by atoms with Gasteiger partial charge >= 0.3 is 0 Å². The maximum atomic E-state index is 12.4. The second-order valence-electron chi connectivity index (χ2n) is 5.30. The van der Waals surface area contributed by atoms with Crippen LogP contribution in [0.2, 0.25) is 0 Å². The number of nitrogens with zero attached hydrogens (tertiary/aromatic N) is 2. The highest BCUT2D eigenvalue weighted by Crippen LogP contribution is 2.13. The average Bonchev–Trinajstić information content (AvgIpc) is 2.54. The van der Waals surface area contributed by atoms with E-state index in [1.54, 1.807) is 19.2 Å². The van der Waals surface area contributed by atoms with Gasteiger partial charge in [0, 0.05) is 19.3 Å². The van der Waals surface area contributed by atoms with E-state index in [4.69, 9.17) is 0 Å². The van der Waals surface area contributed by atoms with Gasteiger partial charge in [-0.3, -0.25) is 4.79 Å². The zero-order chi connectivity index (χ0) is 16.9. The molecule has 0 aliphatic heterocycles. The molecule has 2 rings (SSSR count). The molecular weight excluding hydrogens is 312 g/mol. The van der Waals surface area contributed by atoms with Crippen molar-refractivity contribution in [2.45, 2.75) is 6.54 Å². The van der Waals surface area contributed by atoms with Crippen molar-refractivity contribution < 1.29 is 13.2 Å². The molecule has 0 heterocycles. The van der Waals surface area contributed by atoms with E-state index in [2.05, 4.69) is 0 Å². The van der Waals surface area contributed by atoms with E-state index < -0.39 is 10.0 Å². The zero-order valence-corrected chi connectivity index (χ0v) is 14.0. The summed E-state index contributed by atoms with van der Waals surface area (Å²) in [6.45, 7) is -0.0207. The van der Waals surface area contributed by atoms with E-state index in [-0.39, 0.29) is 19.0 Å². The Hall–Kier alpha value is -2.18. The standard InChI is InChI=1S/C17H20N2O3S/c1-18(16-11-7-4-8-12-16)17(20)14-19(23(2,21)22)13-15-9-5-3-6-10-15/h3-12H,13-14H2,1-2H3. The van der Waals surface area contributed by atoms with Crippen LogP contribution in [-0.4, -0.2) is 38.5 Å². The van der Waals surface area contributed by atoms with Gasteiger partial charge in [-0.15, -0.1) is 0 Å². The molecule has 0 spiro atoms. The summed E-state index contributed by atoms with van der Waals surface area (Å²) in [6, 6.07) is 18.4. The minimum atomic E-state index is -3.49. The first-order valence-corrected chi connectivity index (χ1v) is 9.03. The molecule has 23 heavy (non-hydrogen) atoms. The van der Waals surface area contributed by atoms with Crippen LogP contribution in [0.3, 0.4) is 0 Å². The van der Waals surface area contributed by atoms with Crippen molar-refractivity contribution in [3.8, 4) is 0 Å². The van der Waals surface area contributed by atoms with Crippen molar-refractivity contribution in [3.63, 3.8) is 0 Å². The fourth-order valence-electron chi connectivity index (χ4n) is 2.13. The Morgan fingerprint density at radius 1 is 0.957 bits per heavy atom. The van der Waals surface area contributed by atoms with E-state index >= 15 is 0 Å². The van der Waals surface area contributed by atoms with Gasteiger partial charge in [0.05, 0.1) is 12.8 Å². The molecule has 0 fully saturated rings. The predicted molar refractivity (Wildman–Crippen MR) is 91.5 cm³/mol. The topological polar surface area (TPSA) is 57.7 Å². The highest BCUT2D eigenvalue weighted by molar-refractivity contribution is 7.88. The van der Waals surface area contributed by atoms with Crippen molar-refractivity contribution >= 4 is 21.6 Å². The number of sulfonamides is 1. The highest BCUT2D eigenvalue weighted by Gasteiger charge is 2.22. The first-order valence-electron chi connectivity index (χ1n) is 7.18. The first kappa shape index (κ1) is 17.2. The lowest BCUT2D eigenvalue weighted by molar-refractivity contribution is -0.118. The second kappa shape index (κ2) is 7.39. The summed E-state index contributed by atoms with van der Waals surface area (Å²) in [4.78, 5) is 13.9. The quantitative estimate of drug-likeness (QED) is 0.814. The summed E-state index contributed by atoms with van der Waals surface area (Å²) in [5.74, 6) is -0.280. The predicted octanol–water partition coefficient (Wildman–Crippen LogP) is 2.11. The van der Waals surface area contributed by atoms with E-state index in [1.807, 2.05) is 48.5 Å². The second-order valence-corrected chi connectivity index (χ2v) is 7.29. The fraction of sp³-hybridized carbons (Fsp3) is 0.235. The van der Waals surface area contributed by atoms with Crippen LogP contribution < -0.4 is 4.90 Å². The summed E-state index contributed by atoms with van der Waals surface area (Å²) in [5.41, 5.74) is 1.57. The number of hydrogen-bond donors (Lipinski definition) is 0. The summed E-state index contributed by atoms with van der Waals surface area (Å²) in [7, 11) is -1.85. The zero-order valence-electron chi connectivity index (χ0n) is 13.2. The molecule has 0 aliphatic rings. The van der Waals surface area contributed by atoms with Gasteiger partial charge in [0.1, 0.15) is 0 Å². The van der Waals surface area contributed by atoms with Crippen LogP contribution in [0.5, 0.6) is 0 Å². The van der Waals surface area contributed by atoms with Gasteiger partial charge in [0.15, 0.2) is 0 Å². The van der Waals surface area contributed by atoms with Gasteiger partial charge in [0.25, 0.3) is 0 Å². The van der Waals surface area contributed by atoms with Crippen LogP contribution in [0, 0.1) is 0 Å². The lowest BCUT2D eigenvalue weighted by Gasteiger charge is -2.23. The number of carbonyl (C=O) groups excluding carboxylic acids is 1. The molecule has 1 amide bonds. The number of hydrogen-bond acceptors (Lipinski definition) is 3. The normalized spacial score (nSPS) is 11.4. The third-order valence-corrected chi connectivity index (χ3v) is 4.70. The average molecular weight is 332 g/mol. The summed E-state index contributed by atoms with van der Waals surface area (Å²) in [5, 5.41) is 0. The molecule has 0 atom stereocenters. The van der Waals surface area contributed by atoms with Gasteiger partial charge in [-0.05, 0) is 17.7 Å². The molecule has 6 heteroatoms. The minimum Gasteiger partial charge on any atom is -0.314 e. The smallest absolute Gasteiger partial charge is 0.242 e. The molecule has 0 aromatic heterocycles. The molecule has 2 aromatic carbocycles. The van der Waals surface area contributed by atoms with Crippen molar-refractivity contribution in [2.24, 2.45) is 0 Å². The summed E-state index contributed by atoms with van der Waals surface area (Å²) < 4.78 is 25.2. The Kier molecular flexibility index (Phi) is 5.52. The van der Waals surface area contributed by atoms with Crippen LogP contribution in [0.15, 0.2) is 60.7 Å². The fourth-order valence-corrected chi connectivity index (χ4v) is 2.86. The number of anilines is 1. The van der Waals surface area contributed by atoms with Gasteiger partial charge in [-0.25, -0.2) is 8.42 Å². The van der Waals surface area contributed by atoms with Crippen LogP contribution in [-0.2, 0) is 21.4 Å². The highest BCUT2D eigenvalue weighted by atomic mass is 32.2. The third kappa shape index (κ3) is 4.91. The molecule has 0 saturated heterocycles. The molecule has 0 saturated carbocycles. The summed E-state index contributed by atoms with van der Waals surface area (Å²) >= 11 is 0. The molecular formula is C17H20N2O3S. The van der Waals surface area contributed by atoms with Crippen molar-refractivity contribution in [3.05, 3.63) is 66.2 Å². The van der Waals surface area contributed by atoms with Crippen LogP contribution in [0.1, 0.15) is 5.56 Å². The van der Waals surface area contributed by atoms with Crippen molar-refractivity contribution in [1.82, 2.24) is 4.31 Å². The largest absolute Gasteiger partial charge is 0.314 e. The molecule has 5 nitrogen and oxygen atoms in total. The maximum Gasteiger partial charge on any atom is 0.242 e. The number of benzene rings is 2. The Bertz CT molecular complexity index is 746. The molecule has 122 valence electrons. The number of carbonyl (C=O) groups is 1. The van der Waals surface area contributed by atoms with Crippen molar-refractivity contribution in [1.29, 1.82) is 0 Å². The Balaban J connectivity index is 2.13. The van der Waals surface area contributed by atoms with E-state index in [9.17, 15) is 13.2 Å². The SMILES string of the molecule is CN(C(=O)CN(Cc1ccccc1)S(C)(=O)=O)c1ccccc1. The Morgan fingerprint density at radius 3 is 2.00 bits per heavy atom. The molecule has 0 N–H and O–H groups in total. The van der Waals surface area contributed by atoms with E-state index in [0.717, 1.165) is 17.5 Å². The van der Waals surface area contributed by atoms with E-state index in [1.165, 1.54) is 9.21 Å². The molecule has 0 aliphatic carbocycles. The van der Waals surface area contributed by atoms with Crippen LogP contribution in [0.25, 0.3) is 0 Å². The van der Waals surface area contributed by atoms with Crippen LogP contribution in [0.4, 0.5) is 5.69 Å². The number of para-hydroxylation sites is 1. The van der Waals surface area contributed by atoms with Crippen molar-refractivity contribution in [2.75, 3.05) is 24.7 Å². The lowest BCUT2D eigenvalue weighted by Crippen LogP contribution is -2.40. The number of rotatable bonds is 6. The Morgan fingerprint density at radius 2 is 1.48 bits per heavy atom. The first-order chi connectivity index (χ1) is 10.9. The Labute approximate surface area is 137 Å². The lowest BCUT2D eigenvalue weighted by atomic mass is 10.2. The molecule has 2 aromatic rings. The maximum absolute atomic E-state index is 12.4. The third-order valence-electron chi connectivity index (χ3n) is 3.50. The van der Waals surface area contributed by atoms with Gasteiger partial charge in [-0.1, -0.05) is 48.5 Å². The molecule has 0 unspecified atom stereocenters. The van der Waals surface area contributed by atoms with Gasteiger partial charge in [-0.2, -0.15) is 4.31 Å². The number of amides is 1. The number of likely N-dealkylation sites (N-methyl/N-ethyl adjacent to an activating group) is 1. The molecule has 0 radical (unpaired) electrons. The summed E-state index contributed by atoms with van der Waals surface area (Å²) in [6.07, 6.45) is 1.12. The van der Waals surface area contributed by atoms with E-state index in [0.29, 0.717) is 0 Å². The van der Waals surface area contributed by atoms with Gasteiger partial charge in [0.2, 0.25) is 15.9 Å². The monoisotopic (exact) mass is 332 g/mol.